The molecule has 2 rings (SSSR count). The van der Waals surface area contributed by atoms with Crippen molar-refractivity contribution in [2.24, 2.45) is 0 Å². The molecule has 6 nitrogen and oxygen atoms in total. The van der Waals surface area contributed by atoms with Crippen LogP contribution >= 0.6 is 0 Å². The average molecular weight is 335 g/mol. The number of carboxylic acids is 1. The van der Waals surface area contributed by atoms with Crippen LogP contribution in [0.1, 0.15) is 21.5 Å². The van der Waals surface area contributed by atoms with Gasteiger partial charge in [0.1, 0.15) is 5.75 Å². The molecule has 0 amide bonds. The number of methoxy groups -OCH3 is 1. The molecule has 0 aliphatic heterocycles. The normalized spacial score (nSPS) is 11.1. The molecule has 122 valence electrons. The third-order valence-electron chi connectivity index (χ3n) is 3.32. The highest BCUT2D eigenvalue weighted by Gasteiger charge is 2.20. The van der Waals surface area contributed by atoms with Crippen molar-refractivity contribution in [3.8, 4) is 5.75 Å². The van der Waals surface area contributed by atoms with Crippen LogP contribution in [0, 0.1) is 13.8 Å². The largest absolute Gasteiger partial charge is 0.497 e. The number of benzene rings is 2. The number of hydrogen-bond donors (Lipinski definition) is 2. The number of anilines is 1. The van der Waals surface area contributed by atoms with Gasteiger partial charge in [0.15, 0.2) is 0 Å². The Morgan fingerprint density at radius 3 is 2.39 bits per heavy atom. The quantitative estimate of drug-likeness (QED) is 0.876. The van der Waals surface area contributed by atoms with Gasteiger partial charge in [-0.1, -0.05) is 17.7 Å². The molecule has 0 saturated heterocycles. The molecular weight excluding hydrogens is 318 g/mol. The van der Waals surface area contributed by atoms with Crippen molar-refractivity contribution in [3.05, 3.63) is 53.1 Å². The van der Waals surface area contributed by atoms with E-state index in [9.17, 15) is 18.3 Å². The van der Waals surface area contributed by atoms with E-state index >= 15 is 0 Å². The Kier molecular flexibility index (Phi) is 4.60. The molecule has 0 atom stereocenters. The predicted molar refractivity (Wildman–Crippen MR) is 86.7 cm³/mol. The molecule has 0 saturated carbocycles. The van der Waals surface area contributed by atoms with Crippen LogP contribution in [0.5, 0.6) is 5.75 Å². The average Bonchev–Trinajstić information content (AvgIpc) is 2.46. The Balaban J connectivity index is 2.47. The van der Waals surface area contributed by atoms with E-state index in [1.54, 1.807) is 19.1 Å². The predicted octanol–water partition coefficient (Wildman–Crippen LogP) is 2.81. The van der Waals surface area contributed by atoms with Crippen LogP contribution in [0.2, 0.25) is 0 Å². The molecule has 2 aromatic rings. The van der Waals surface area contributed by atoms with Gasteiger partial charge in [-0.2, -0.15) is 0 Å². The summed E-state index contributed by atoms with van der Waals surface area (Å²) in [7, 11) is -2.49. The maximum atomic E-state index is 12.5. The van der Waals surface area contributed by atoms with Crippen LogP contribution in [0.3, 0.4) is 0 Å². The molecule has 0 aromatic heterocycles. The van der Waals surface area contributed by atoms with E-state index in [1.807, 2.05) is 6.92 Å². The highest BCUT2D eigenvalue weighted by Crippen LogP contribution is 2.26. The second kappa shape index (κ2) is 6.29. The number of ether oxygens (including phenoxy) is 1. The van der Waals surface area contributed by atoms with Crippen LogP contribution in [0.4, 0.5) is 5.69 Å². The van der Waals surface area contributed by atoms with Crippen molar-refractivity contribution < 1.29 is 23.1 Å². The lowest BCUT2D eigenvalue weighted by molar-refractivity contribution is 0.0697. The van der Waals surface area contributed by atoms with Crippen LogP contribution in [-0.2, 0) is 10.0 Å². The molecule has 0 unspecified atom stereocenters. The summed E-state index contributed by atoms with van der Waals surface area (Å²) in [5.41, 5.74) is 1.33. The summed E-state index contributed by atoms with van der Waals surface area (Å²) in [6.45, 7) is 3.55. The van der Waals surface area contributed by atoms with Crippen molar-refractivity contribution in [1.29, 1.82) is 0 Å². The van der Waals surface area contributed by atoms with Gasteiger partial charge in [0.2, 0.25) is 0 Å². The minimum absolute atomic E-state index is 0.0155. The number of carbonyl (C=O) groups is 1. The van der Waals surface area contributed by atoms with E-state index in [-0.39, 0.29) is 16.1 Å². The summed E-state index contributed by atoms with van der Waals surface area (Å²) in [4.78, 5) is 11.4. The third kappa shape index (κ3) is 3.62. The van der Waals surface area contributed by atoms with Gasteiger partial charge < -0.3 is 9.84 Å². The van der Waals surface area contributed by atoms with Gasteiger partial charge in [0.25, 0.3) is 10.0 Å². The van der Waals surface area contributed by atoms with Crippen LogP contribution < -0.4 is 9.46 Å². The van der Waals surface area contributed by atoms with Crippen LogP contribution in [0.25, 0.3) is 0 Å². The van der Waals surface area contributed by atoms with Gasteiger partial charge in [-0.25, -0.2) is 13.2 Å². The second-order valence-electron chi connectivity index (χ2n) is 5.09. The molecule has 0 bridgehead atoms. The van der Waals surface area contributed by atoms with E-state index < -0.39 is 16.0 Å². The molecule has 0 fully saturated rings. The van der Waals surface area contributed by atoms with Crippen molar-refractivity contribution in [2.75, 3.05) is 11.8 Å². The summed E-state index contributed by atoms with van der Waals surface area (Å²) in [6.07, 6.45) is 0. The highest BCUT2D eigenvalue weighted by molar-refractivity contribution is 7.92. The zero-order valence-corrected chi connectivity index (χ0v) is 13.8. The molecule has 2 N–H and O–H groups in total. The first-order chi connectivity index (χ1) is 10.7. The summed E-state index contributed by atoms with van der Waals surface area (Å²) in [6, 6.07) is 9.06. The Bertz CT molecular complexity index is 859. The number of nitrogens with one attached hydrogen (secondary N) is 1. The van der Waals surface area contributed by atoms with Crippen LogP contribution in [0.15, 0.2) is 41.3 Å². The van der Waals surface area contributed by atoms with Crippen molar-refractivity contribution in [3.63, 3.8) is 0 Å². The van der Waals surface area contributed by atoms with Gasteiger partial charge in [-0.15, -0.1) is 0 Å². The smallest absolute Gasteiger partial charge is 0.337 e. The Hall–Kier alpha value is -2.54. The number of aryl methyl sites for hydroxylation is 2. The van der Waals surface area contributed by atoms with Crippen molar-refractivity contribution in [1.82, 2.24) is 0 Å². The number of sulfonamides is 1. The molecule has 0 radical (unpaired) electrons. The fourth-order valence-corrected chi connectivity index (χ4v) is 3.52. The highest BCUT2D eigenvalue weighted by atomic mass is 32.2. The molecule has 0 aliphatic rings. The lowest BCUT2D eigenvalue weighted by atomic mass is 10.2. The first-order valence-electron chi connectivity index (χ1n) is 6.76. The summed E-state index contributed by atoms with van der Waals surface area (Å²) in [5.74, 6) is -0.918. The first kappa shape index (κ1) is 16.8. The van der Waals surface area contributed by atoms with E-state index in [2.05, 4.69) is 4.72 Å². The number of hydrogen-bond acceptors (Lipinski definition) is 4. The lowest BCUT2D eigenvalue weighted by Gasteiger charge is -2.13. The van der Waals surface area contributed by atoms with Gasteiger partial charge in [-0.05, 0) is 43.7 Å². The van der Waals surface area contributed by atoms with Gasteiger partial charge in [0, 0.05) is 0 Å². The maximum absolute atomic E-state index is 12.5. The van der Waals surface area contributed by atoms with E-state index in [1.165, 1.54) is 31.4 Å². The minimum atomic E-state index is -3.89. The Morgan fingerprint density at radius 1 is 1.13 bits per heavy atom. The molecule has 7 heteroatoms. The van der Waals surface area contributed by atoms with Crippen molar-refractivity contribution >= 4 is 21.7 Å². The summed E-state index contributed by atoms with van der Waals surface area (Å²) < 4.78 is 32.4. The van der Waals surface area contributed by atoms with E-state index in [4.69, 9.17) is 4.74 Å². The SMILES string of the molecule is COc1ccc(NS(=O)(=O)c2ccc(C)cc2C)c(C(=O)O)c1. The monoisotopic (exact) mass is 335 g/mol. The standard InChI is InChI=1S/C16H17NO5S/c1-10-4-7-15(11(2)8-10)23(20,21)17-14-6-5-12(22-3)9-13(14)16(18)19/h4-9,17H,1-3H3,(H,18,19). The molecule has 23 heavy (non-hydrogen) atoms. The van der Waals surface area contributed by atoms with Gasteiger partial charge in [0.05, 0.1) is 23.3 Å². The summed E-state index contributed by atoms with van der Waals surface area (Å²) >= 11 is 0. The lowest BCUT2D eigenvalue weighted by Crippen LogP contribution is -2.16. The maximum Gasteiger partial charge on any atom is 0.337 e. The molecule has 0 aliphatic carbocycles. The van der Waals surface area contributed by atoms with Crippen LogP contribution in [-0.4, -0.2) is 26.6 Å². The topological polar surface area (TPSA) is 92.7 Å². The zero-order valence-electron chi connectivity index (χ0n) is 13.0. The molecule has 0 spiro atoms. The third-order valence-corrected chi connectivity index (χ3v) is 4.85. The van der Waals surface area contributed by atoms with E-state index in [0.717, 1.165) is 5.56 Å². The number of rotatable bonds is 5. The Labute approximate surface area is 134 Å². The molecule has 2 aromatic carbocycles. The minimum Gasteiger partial charge on any atom is -0.497 e. The van der Waals surface area contributed by atoms with E-state index in [0.29, 0.717) is 11.3 Å². The second-order valence-corrected chi connectivity index (χ2v) is 6.74. The fraction of sp³-hybridized carbons (Fsp3) is 0.188. The number of carboxylic acid groups (broad SMARTS) is 1. The number of aromatic carboxylic acids is 1. The Morgan fingerprint density at radius 2 is 1.83 bits per heavy atom. The molecular formula is C16H17NO5S. The van der Waals surface area contributed by atoms with Crippen molar-refractivity contribution in [2.45, 2.75) is 18.7 Å². The first-order valence-corrected chi connectivity index (χ1v) is 8.24. The molecule has 0 heterocycles. The van der Waals surface area contributed by atoms with Gasteiger partial charge in [-0.3, -0.25) is 4.72 Å². The van der Waals surface area contributed by atoms with Gasteiger partial charge >= 0.3 is 5.97 Å². The zero-order chi connectivity index (χ0) is 17.2. The summed E-state index contributed by atoms with van der Waals surface area (Å²) in [5, 5.41) is 9.25. The fourth-order valence-electron chi connectivity index (χ4n) is 2.22.